The number of para-hydroxylation sites is 2. The number of imidazole rings is 1. The van der Waals surface area contributed by atoms with Crippen molar-refractivity contribution in [3.63, 3.8) is 0 Å². The van der Waals surface area contributed by atoms with E-state index in [2.05, 4.69) is 23.8 Å². The summed E-state index contributed by atoms with van der Waals surface area (Å²) in [7, 11) is 0. The molecule has 1 unspecified atom stereocenters. The second kappa shape index (κ2) is 8.11. The van der Waals surface area contributed by atoms with E-state index in [1.54, 1.807) is 11.8 Å². The molecule has 0 aliphatic carbocycles. The monoisotopic (exact) mass is 342 g/mol. The fraction of sp³-hybridized carbons (Fsp3) is 0.316. The summed E-state index contributed by atoms with van der Waals surface area (Å²) in [5.41, 5.74) is 2.07. The molecular weight excluding hydrogens is 320 g/mol. The summed E-state index contributed by atoms with van der Waals surface area (Å²) in [5.74, 6) is 2.58. The molecule has 2 aromatic carbocycles. The molecule has 1 N–H and O–H groups in total. The van der Waals surface area contributed by atoms with Crippen LogP contribution in [0.15, 0.2) is 53.7 Å². The number of hydrogen-bond acceptors (Lipinski definition) is 4. The maximum atomic E-state index is 5.77. The number of aromatic nitrogens is 2. The van der Waals surface area contributed by atoms with Crippen molar-refractivity contribution in [1.82, 2.24) is 9.97 Å². The number of ether oxygens (including phenoxy) is 2. The van der Waals surface area contributed by atoms with Gasteiger partial charge in [0.15, 0.2) is 5.16 Å². The van der Waals surface area contributed by atoms with Crippen LogP contribution in [-0.4, -0.2) is 28.4 Å². The van der Waals surface area contributed by atoms with E-state index in [4.69, 9.17) is 9.47 Å². The maximum Gasteiger partial charge on any atom is 0.166 e. The SMILES string of the molecule is CCC(C)Oc1ccc(OCCSc2nc3ccccc3[nH]2)cc1. The van der Waals surface area contributed by atoms with Crippen LogP contribution in [0.3, 0.4) is 0 Å². The normalized spacial score (nSPS) is 12.2. The van der Waals surface area contributed by atoms with Crippen LogP contribution >= 0.6 is 11.8 Å². The lowest BCUT2D eigenvalue weighted by molar-refractivity contribution is 0.217. The van der Waals surface area contributed by atoms with Crippen molar-refractivity contribution >= 4 is 22.8 Å². The Morgan fingerprint density at radius 2 is 1.83 bits per heavy atom. The summed E-state index contributed by atoms with van der Waals surface area (Å²) in [6.45, 7) is 4.81. The summed E-state index contributed by atoms with van der Waals surface area (Å²) in [4.78, 5) is 7.84. The first-order chi connectivity index (χ1) is 11.7. The Bertz CT molecular complexity index is 737. The second-order valence-electron chi connectivity index (χ2n) is 5.56. The molecule has 3 rings (SSSR count). The van der Waals surface area contributed by atoms with Crippen molar-refractivity contribution in [1.29, 1.82) is 0 Å². The number of rotatable bonds is 8. The lowest BCUT2D eigenvalue weighted by atomic mass is 10.3. The lowest BCUT2D eigenvalue weighted by Crippen LogP contribution is -2.09. The molecule has 126 valence electrons. The van der Waals surface area contributed by atoms with Gasteiger partial charge in [-0.05, 0) is 49.7 Å². The third kappa shape index (κ3) is 4.45. The minimum absolute atomic E-state index is 0.233. The van der Waals surface area contributed by atoms with Crippen LogP contribution in [0.5, 0.6) is 11.5 Å². The van der Waals surface area contributed by atoms with E-state index in [0.29, 0.717) is 6.61 Å². The van der Waals surface area contributed by atoms with Gasteiger partial charge < -0.3 is 14.5 Å². The van der Waals surface area contributed by atoms with Gasteiger partial charge >= 0.3 is 0 Å². The number of thioether (sulfide) groups is 1. The average Bonchev–Trinajstić information content (AvgIpc) is 3.03. The van der Waals surface area contributed by atoms with E-state index < -0.39 is 0 Å². The summed E-state index contributed by atoms with van der Waals surface area (Å²) in [5, 5.41) is 0.928. The molecule has 0 saturated heterocycles. The van der Waals surface area contributed by atoms with Crippen molar-refractivity contribution in [3.05, 3.63) is 48.5 Å². The van der Waals surface area contributed by atoms with E-state index >= 15 is 0 Å². The van der Waals surface area contributed by atoms with Crippen LogP contribution in [0, 0.1) is 0 Å². The summed E-state index contributed by atoms with van der Waals surface area (Å²) in [6, 6.07) is 15.8. The van der Waals surface area contributed by atoms with Gasteiger partial charge in [-0.25, -0.2) is 4.98 Å². The van der Waals surface area contributed by atoms with Crippen molar-refractivity contribution < 1.29 is 9.47 Å². The summed E-state index contributed by atoms with van der Waals surface area (Å²) in [6.07, 6.45) is 1.23. The van der Waals surface area contributed by atoms with E-state index in [0.717, 1.165) is 39.9 Å². The first kappa shape index (κ1) is 16.7. The van der Waals surface area contributed by atoms with E-state index in [9.17, 15) is 0 Å². The van der Waals surface area contributed by atoms with Crippen LogP contribution in [0.2, 0.25) is 0 Å². The highest BCUT2D eigenvalue weighted by Crippen LogP contribution is 2.21. The molecule has 1 atom stereocenters. The number of hydrogen-bond donors (Lipinski definition) is 1. The fourth-order valence-corrected chi connectivity index (χ4v) is 2.93. The van der Waals surface area contributed by atoms with Gasteiger partial charge in [0, 0.05) is 5.75 Å². The molecule has 3 aromatic rings. The Balaban J connectivity index is 1.44. The van der Waals surface area contributed by atoms with Crippen molar-refractivity contribution in [2.45, 2.75) is 31.5 Å². The number of aromatic amines is 1. The van der Waals surface area contributed by atoms with Crippen LogP contribution in [0.4, 0.5) is 0 Å². The lowest BCUT2D eigenvalue weighted by Gasteiger charge is -2.13. The van der Waals surface area contributed by atoms with Gasteiger partial charge in [-0.2, -0.15) is 0 Å². The quantitative estimate of drug-likeness (QED) is 0.467. The summed E-state index contributed by atoms with van der Waals surface area (Å²) >= 11 is 1.66. The Labute approximate surface area is 146 Å². The van der Waals surface area contributed by atoms with Crippen molar-refractivity contribution in [2.24, 2.45) is 0 Å². The molecule has 4 nitrogen and oxygen atoms in total. The molecule has 0 aliphatic heterocycles. The Morgan fingerprint density at radius 3 is 2.58 bits per heavy atom. The van der Waals surface area contributed by atoms with Gasteiger partial charge in [0.05, 0.1) is 23.7 Å². The van der Waals surface area contributed by atoms with Crippen LogP contribution in [0.1, 0.15) is 20.3 Å². The van der Waals surface area contributed by atoms with Crippen LogP contribution in [0.25, 0.3) is 11.0 Å². The molecule has 0 radical (unpaired) electrons. The average molecular weight is 342 g/mol. The van der Waals surface area contributed by atoms with Gasteiger partial charge in [-0.1, -0.05) is 30.8 Å². The fourth-order valence-electron chi connectivity index (χ4n) is 2.23. The Morgan fingerprint density at radius 1 is 1.08 bits per heavy atom. The van der Waals surface area contributed by atoms with Crippen molar-refractivity contribution in [2.75, 3.05) is 12.4 Å². The first-order valence-electron chi connectivity index (χ1n) is 8.21. The van der Waals surface area contributed by atoms with E-state index in [-0.39, 0.29) is 6.10 Å². The molecule has 5 heteroatoms. The molecule has 24 heavy (non-hydrogen) atoms. The molecule has 0 fully saturated rings. The van der Waals surface area contributed by atoms with E-state index in [1.165, 1.54) is 0 Å². The second-order valence-corrected chi connectivity index (χ2v) is 6.65. The smallest absolute Gasteiger partial charge is 0.166 e. The third-order valence-corrected chi connectivity index (χ3v) is 4.53. The minimum atomic E-state index is 0.233. The Kier molecular flexibility index (Phi) is 5.64. The zero-order valence-electron chi connectivity index (χ0n) is 14.0. The molecular formula is C19H22N2O2S. The molecule has 0 amide bonds. The standard InChI is InChI=1S/C19H22N2O2S/c1-3-14(2)23-16-10-8-15(9-11-16)22-12-13-24-19-20-17-6-4-5-7-18(17)21-19/h4-11,14H,3,12-13H2,1-2H3,(H,20,21). The molecule has 0 spiro atoms. The molecule has 1 aromatic heterocycles. The number of nitrogens with one attached hydrogen (secondary N) is 1. The van der Waals surface area contributed by atoms with Crippen LogP contribution in [-0.2, 0) is 0 Å². The highest BCUT2D eigenvalue weighted by molar-refractivity contribution is 7.99. The van der Waals surface area contributed by atoms with Gasteiger partial charge in [-0.3, -0.25) is 0 Å². The third-order valence-electron chi connectivity index (χ3n) is 3.69. The highest BCUT2D eigenvalue weighted by Gasteiger charge is 2.04. The predicted molar refractivity (Wildman–Crippen MR) is 99.1 cm³/mol. The molecule has 0 aliphatic rings. The zero-order valence-corrected chi connectivity index (χ0v) is 14.8. The molecule has 0 saturated carbocycles. The number of benzene rings is 2. The number of fused-ring (bicyclic) bond motifs is 1. The Hall–Kier alpha value is -2.14. The molecule has 1 heterocycles. The number of H-pyrrole nitrogens is 1. The first-order valence-corrected chi connectivity index (χ1v) is 9.20. The summed E-state index contributed by atoms with van der Waals surface area (Å²) < 4.78 is 11.5. The predicted octanol–water partition coefficient (Wildman–Crippen LogP) is 4.91. The van der Waals surface area contributed by atoms with Gasteiger partial charge in [0.25, 0.3) is 0 Å². The topological polar surface area (TPSA) is 47.1 Å². The van der Waals surface area contributed by atoms with E-state index in [1.807, 2.05) is 48.5 Å². The zero-order chi connectivity index (χ0) is 16.8. The van der Waals surface area contributed by atoms with Gasteiger partial charge in [-0.15, -0.1) is 0 Å². The minimum Gasteiger partial charge on any atom is -0.493 e. The van der Waals surface area contributed by atoms with Crippen LogP contribution < -0.4 is 9.47 Å². The number of nitrogens with zero attached hydrogens (tertiary/aromatic N) is 1. The van der Waals surface area contributed by atoms with Gasteiger partial charge in [0.1, 0.15) is 11.5 Å². The molecule has 0 bridgehead atoms. The van der Waals surface area contributed by atoms with Crippen molar-refractivity contribution in [3.8, 4) is 11.5 Å². The van der Waals surface area contributed by atoms with Gasteiger partial charge in [0.2, 0.25) is 0 Å². The highest BCUT2D eigenvalue weighted by atomic mass is 32.2. The maximum absolute atomic E-state index is 5.77. The largest absolute Gasteiger partial charge is 0.493 e.